The first kappa shape index (κ1) is 25.7. The first-order valence-electron chi connectivity index (χ1n) is 11.5. The molecule has 36 heavy (non-hydrogen) atoms. The standard InChI is InChI=1S/C26H28F3N3O3Si/c1-16-5-6-19(21(13-16)26(27,28)29)23-20(25(33)34)14-22(32(23)15-35-11-12-36(2,3)4)17-7-9-30-24-18(17)8-10-31-24/h5-10,13-14H,11-12,15H2,1-4H3,(H,30,31)(H,33,34). The molecule has 190 valence electrons. The van der Waals surface area contributed by atoms with E-state index < -0.39 is 25.8 Å². The molecule has 0 aliphatic rings. The van der Waals surface area contributed by atoms with Gasteiger partial charge in [0.25, 0.3) is 0 Å². The van der Waals surface area contributed by atoms with E-state index in [0.717, 1.165) is 17.5 Å². The highest BCUT2D eigenvalue weighted by atomic mass is 28.3. The van der Waals surface area contributed by atoms with Crippen LogP contribution in [0.25, 0.3) is 33.5 Å². The Bertz CT molecular complexity index is 1420. The molecule has 0 bridgehead atoms. The summed E-state index contributed by atoms with van der Waals surface area (Å²) in [6, 6.07) is 9.73. The maximum absolute atomic E-state index is 14.1. The fourth-order valence-corrected chi connectivity index (χ4v) is 4.93. The van der Waals surface area contributed by atoms with Gasteiger partial charge in [0, 0.05) is 43.6 Å². The van der Waals surface area contributed by atoms with Gasteiger partial charge in [0.2, 0.25) is 0 Å². The lowest BCUT2D eigenvalue weighted by Crippen LogP contribution is -2.22. The van der Waals surface area contributed by atoms with E-state index in [4.69, 9.17) is 4.74 Å². The van der Waals surface area contributed by atoms with Crippen molar-refractivity contribution in [3.05, 3.63) is 65.5 Å². The van der Waals surface area contributed by atoms with Crippen LogP contribution in [0.1, 0.15) is 21.5 Å². The minimum absolute atomic E-state index is 0.0432. The van der Waals surface area contributed by atoms with Crippen LogP contribution >= 0.6 is 0 Å². The number of carboxylic acids is 1. The van der Waals surface area contributed by atoms with Crippen LogP contribution < -0.4 is 0 Å². The lowest BCUT2D eigenvalue weighted by Gasteiger charge is -2.20. The van der Waals surface area contributed by atoms with Gasteiger partial charge in [-0.2, -0.15) is 13.2 Å². The molecular weight excluding hydrogens is 487 g/mol. The normalized spacial score (nSPS) is 12.4. The number of pyridine rings is 1. The summed E-state index contributed by atoms with van der Waals surface area (Å²) >= 11 is 0. The third-order valence-corrected chi connectivity index (χ3v) is 7.72. The first-order valence-corrected chi connectivity index (χ1v) is 15.2. The number of aryl methyl sites for hydroxylation is 1. The summed E-state index contributed by atoms with van der Waals surface area (Å²) in [5.41, 5.74) is 0.734. The molecule has 0 spiro atoms. The van der Waals surface area contributed by atoms with E-state index >= 15 is 0 Å². The molecule has 0 atom stereocenters. The molecule has 4 rings (SSSR count). The second-order valence-electron chi connectivity index (χ2n) is 10.0. The number of hydrogen-bond acceptors (Lipinski definition) is 3. The predicted molar refractivity (Wildman–Crippen MR) is 136 cm³/mol. The molecule has 0 saturated carbocycles. The molecule has 1 aromatic carbocycles. The van der Waals surface area contributed by atoms with Crippen molar-refractivity contribution in [1.29, 1.82) is 0 Å². The molecule has 10 heteroatoms. The van der Waals surface area contributed by atoms with Crippen molar-refractivity contribution in [2.24, 2.45) is 0 Å². The topological polar surface area (TPSA) is 80.1 Å². The van der Waals surface area contributed by atoms with Crippen molar-refractivity contribution in [3.63, 3.8) is 0 Å². The molecular formula is C26H28F3N3O3Si. The molecule has 0 radical (unpaired) electrons. The van der Waals surface area contributed by atoms with Crippen LogP contribution in [-0.2, 0) is 17.6 Å². The van der Waals surface area contributed by atoms with Gasteiger partial charge in [0.1, 0.15) is 12.4 Å². The van der Waals surface area contributed by atoms with E-state index in [1.165, 1.54) is 16.7 Å². The highest BCUT2D eigenvalue weighted by Crippen LogP contribution is 2.42. The number of nitrogens with zero attached hydrogens (tertiary/aromatic N) is 2. The van der Waals surface area contributed by atoms with Crippen molar-refractivity contribution in [3.8, 4) is 22.5 Å². The van der Waals surface area contributed by atoms with Gasteiger partial charge < -0.3 is 19.4 Å². The number of benzene rings is 1. The zero-order chi connectivity index (χ0) is 26.3. The van der Waals surface area contributed by atoms with E-state index in [-0.39, 0.29) is 23.6 Å². The Morgan fingerprint density at radius 1 is 1.14 bits per heavy atom. The first-order chi connectivity index (χ1) is 16.9. The molecule has 0 aliphatic carbocycles. The van der Waals surface area contributed by atoms with Crippen LogP contribution in [-0.4, -0.2) is 40.3 Å². The van der Waals surface area contributed by atoms with Gasteiger partial charge in [-0.1, -0.05) is 37.3 Å². The molecule has 0 unspecified atom stereocenters. The summed E-state index contributed by atoms with van der Waals surface area (Å²) in [4.78, 5) is 19.6. The number of aromatic nitrogens is 3. The maximum atomic E-state index is 14.1. The molecule has 0 aliphatic heterocycles. The minimum atomic E-state index is -4.67. The van der Waals surface area contributed by atoms with E-state index in [1.54, 1.807) is 37.5 Å². The summed E-state index contributed by atoms with van der Waals surface area (Å²) in [5.74, 6) is -1.32. The number of nitrogens with one attached hydrogen (secondary N) is 1. The molecule has 0 amide bonds. The number of carboxylic acid groups (broad SMARTS) is 1. The monoisotopic (exact) mass is 515 g/mol. The SMILES string of the molecule is Cc1ccc(-c2c(C(=O)O)cc(-c3ccnc4[nH]ccc34)n2COCC[Si](C)(C)C)c(C(F)(F)F)c1. The smallest absolute Gasteiger partial charge is 0.417 e. The lowest BCUT2D eigenvalue weighted by molar-refractivity contribution is -0.137. The average molecular weight is 516 g/mol. The Labute approximate surface area is 207 Å². The Kier molecular flexibility index (Phi) is 6.85. The fraction of sp³-hybridized carbons (Fsp3) is 0.308. The number of ether oxygens (including phenoxy) is 1. The summed E-state index contributed by atoms with van der Waals surface area (Å²) in [5, 5.41) is 10.8. The highest BCUT2D eigenvalue weighted by molar-refractivity contribution is 6.76. The number of H-pyrrole nitrogens is 1. The Morgan fingerprint density at radius 3 is 2.56 bits per heavy atom. The number of halogens is 3. The Hall–Kier alpha value is -3.37. The van der Waals surface area contributed by atoms with Crippen molar-refractivity contribution in [2.75, 3.05) is 6.61 Å². The molecule has 0 fully saturated rings. The van der Waals surface area contributed by atoms with Gasteiger partial charge in [-0.3, -0.25) is 0 Å². The summed E-state index contributed by atoms with van der Waals surface area (Å²) in [7, 11) is -1.42. The van der Waals surface area contributed by atoms with Gasteiger partial charge in [0.05, 0.1) is 22.5 Å². The third-order valence-electron chi connectivity index (χ3n) is 6.02. The van der Waals surface area contributed by atoms with Crippen LogP contribution in [0.2, 0.25) is 25.7 Å². The van der Waals surface area contributed by atoms with E-state index in [0.29, 0.717) is 29.1 Å². The van der Waals surface area contributed by atoms with Crippen molar-refractivity contribution >= 4 is 25.1 Å². The minimum Gasteiger partial charge on any atom is -0.478 e. The largest absolute Gasteiger partial charge is 0.478 e. The number of fused-ring (bicyclic) bond motifs is 1. The lowest BCUT2D eigenvalue weighted by atomic mass is 9.99. The molecule has 6 nitrogen and oxygen atoms in total. The van der Waals surface area contributed by atoms with Gasteiger partial charge in [-0.15, -0.1) is 0 Å². The van der Waals surface area contributed by atoms with Crippen molar-refractivity contribution in [1.82, 2.24) is 14.5 Å². The number of alkyl halides is 3. The van der Waals surface area contributed by atoms with Crippen LogP contribution in [0.4, 0.5) is 13.2 Å². The maximum Gasteiger partial charge on any atom is 0.417 e. The predicted octanol–water partition coefficient (Wildman–Crippen LogP) is 7.04. The van der Waals surface area contributed by atoms with Crippen LogP contribution in [0, 0.1) is 6.92 Å². The zero-order valence-corrected chi connectivity index (χ0v) is 21.5. The summed E-state index contributed by atoms with van der Waals surface area (Å²) < 4.78 is 49.8. The molecule has 4 aromatic rings. The van der Waals surface area contributed by atoms with Gasteiger partial charge in [0.15, 0.2) is 0 Å². The number of carbonyl (C=O) groups is 1. The summed E-state index contributed by atoms with van der Waals surface area (Å²) in [6.45, 7) is 8.50. The Morgan fingerprint density at radius 2 is 1.89 bits per heavy atom. The molecule has 3 aromatic heterocycles. The fourth-order valence-electron chi connectivity index (χ4n) is 4.18. The second kappa shape index (κ2) is 9.59. The average Bonchev–Trinajstić information content (AvgIpc) is 3.40. The number of aromatic amines is 1. The van der Waals surface area contributed by atoms with Gasteiger partial charge in [-0.05, 0) is 37.2 Å². The Balaban J connectivity index is 1.97. The van der Waals surface area contributed by atoms with Gasteiger partial charge >= 0.3 is 12.1 Å². The molecule has 0 saturated heterocycles. The van der Waals surface area contributed by atoms with Gasteiger partial charge in [-0.25, -0.2) is 9.78 Å². The second-order valence-corrected chi connectivity index (χ2v) is 15.6. The van der Waals surface area contributed by atoms with E-state index in [9.17, 15) is 23.1 Å². The molecule has 3 heterocycles. The number of rotatable bonds is 8. The van der Waals surface area contributed by atoms with Crippen molar-refractivity contribution < 1.29 is 27.8 Å². The third kappa shape index (κ3) is 5.24. The highest BCUT2D eigenvalue weighted by Gasteiger charge is 2.36. The zero-order valence-electron chi connectivity index (χ0n) is 20.5. The quantitative estimate of drug-likeness (QED) is 0.195. The van der Waals surface area contributed by atoms with Crippen LogP contribution in [0.5, 0.6) is 0 Å². The number of aromatic carboxylic acids is 1. The van der Waals surface area contributed by atoms with Crippen LogP contribution in [0.3, 0.4) is 0 Å². The van der Waals surface area contributed by atoms with Crippen molar-refractivity contribution in [2.45, 2.75) is 45.5 Å². The number of hydrogen-bond donors (Lipinski definition) is 2. The summed E-state index contributed by atoms with van der Waals surface area (Å²) in [6.07, 6.45) is -1.39. The van der Waals surface area contributed by atoms with E-state index in [2.05, 4.69) is 29.6 Å². The van der Waals surface area contributed by atoms with Crippen LogP contribution in [0.15, 0.2) is 48.8 Å². The molecule has 2 N–H and O–H groups in total. The van der Waals surface area contributed by atoms with E-state index in [1.807, 2.05) is 0 Å².